The van der Waals surface area contributed by atoms with E-state index in [0.29, 0.717) is 19.6 Å². The summed E-state index contributed by atoms with van der Waals surface area (Å²) in [5.74, 6) is -0.648. The van der Waals surface area contributed by atoms with Crippen molar-refractivity contribution in [1.82, 2.24) is 15.4 Å². The lowest BCUT2D eigenvalue weighted by molar-refractivity contribution is -0.144. The molecule has 2 N–H and O–H groups in total. The van der Waals surface area contributed by atoms with Gasteiger partial charge in [0.2, 0.25) is 0 Å². The van der Waals surface area contributed by atoms with Gasteiger partial charge in [0, 0.05) is 29.6 Å². The van der Waals surface area contributed by atoms with E-state index in [2.05, 4.69) is 10.4 Å². The highest BCUT2D eigenvalue weighted by molar-refractivity contribution is 5.81. The van der Waals surface area contributed by atoms with Gasteiger partial charge in [-0.25, -0.2) is 9.82 Å². The zero-order valence-electron chi connectivity index (χ0n) is 16.2. The number of β-amino-alcohol motifs (C(OH)–C–C–N with tert-alkyl or cyclic N) is 1. The molecule has 1 fully saturated rings. The van der Waals surface area contributed by atoms with Crippen molar-refractivity contribution < 1.29 is 19.0 Å². The number of hydrogen-bond donors (Lipinski definition) is 2. The molecule has 1 saturated carbocycles. The minimum atomic E-state index is -0.293. The zero-order valence-corrected chi connectivity index (χ0v) is 16.2. The number of aromatic nitrogens is 1. The van der Waals surface area contributed by atoms with Gasteiger partial charge in [-0.15, -0.1) is 0 Å². The predicted octanol–water partition coefficient (Wildman–Crippen LogP) is 2.68. The maximum Gasteiger partial charge on any atom is 0.309 e. The monoisotopic (exact) mass is 397 g/mol. The SMILES string of the molecule is CCOC(=O)C1CC1C1=C(c2ccncc2)C(c2ccc(F)cc2)NN1CCO. The van der Waals surface area contributed by atoms with E-state index in [9.17, 15) is 14.3 Å². The van der Waals surface area contributed by atoms with Crippen LogP contribution in [0, 0.1) is 17.7 Å². The van der Waals surface area contributed by atoms with Crippen molar-refractivity contribution in [2.45, 2.75) is 19.4 Å². The van der Waals surface area contributed by atoms with Crippen molar-refractivity contribution in [1.29, 1.82) is 0 Å². The molecule has 4 rings (SSSR count). The first-order chi connectivity index (χ1) is 14.1. The van der Waals surface area contributed by atoms with Gasteiger partial charge < -0.3 is 14.9 Å². The molecule has 0 radical (unpaired) electrons. The van der Waals surface area contributed by atoms with Crippen LogP contribution in [0.3, 0.4) is 0 Å². The molecule has 0 bridgehead atoms. The Labute approximate surface area is 169 Å². The number of hydrogen-bond acceptors (Lipinski definition) is 6. The summed E-state index contributed by atoms with van der Waals surface area (Å²) in [6.07, 6.45) is 4.17. The van der Waals surface area contributed by atoms with Crippen molar-refractivity contribution in [3.8, 4) is 0 Å². The van der Waals surface area contributed by atoms with Gasteiger partial charge in [-0.3, -0.25) is 9.78 Å². The molecule has 1 aromatic heterocycles. The molecule has 2 aliphatic rings. The lowest BCUT2D eigenvalue weighted by Crippen LogP contribution is -2.36. The first-order valence-corrected chi connectivity index (χ1v) is 9.85. The van der Waals surface area contributed by atoms with Crippen LogP contribution in [0.25, 0.3) is 5.57 Å². The quantitative estimate of drug-likeness (QED) is 0.700. The summed E-state index contributed by atoms with van der Waals surface area (Å²) in [6, 6.07) is 10.0. The van der Waals surface area contributed by atoms with Gasteiger partial charge in [0.05, 0.1) is 31.7 Å². The van der Waals surface area contributed by atoms with E-state index >= 15 is 0 Å². The predicted molar refractivity (Wildman–Crippen MR) is 105 cm³/mol. The van der Waals surface area contributed by atoms with Crippen LogP contribution >= 0.6 is 0 Å². The highest BCUT2D eigenvalue weighted by atomic mass is 19.1. The normalized spacial score (nSPS) is 23.4. The third-order valence-electron chi connectivity index (χ3n) is 5.39. The number of esters is 1. The van der Waals surface area contributed by atoms with Gasteiger partial charge in [0.25, 0.3) is 0 Å². The summed E-state index contributed by atoms with van der Waals surface area (Å²) in [4.78, 5) is 16.4. The minimum absolute atomic E-state index is 0.0155. The largest absolute Gasteiger partial charge is 0.466 e. The number of allylic oxidation sites excluding steroid dienone is 1. The first-order valence-electron chi connectivity index (χ1n) is 9.85. The number of ether oxygens (including phenoxy) is 1. The summed E-state index contributed by atoms with van der Waals surface area (Å²) in [6.45, 7) is 2.51. The maximum absolute atomic E-state index is 13.5. The molecule has 6 nitrogen and oxygen atoms in total. The molecule has 1 aliphatic carbocycles. The van der Waals surface area contributed by atoms with Crippen molar-refractivity contribution in [3.05, 3.63) is 71.4 Å². The van der Waals surface area contributed by atoms with Crippen molar-refractivity contribution in [2.24, 2.45) is 11.8 Å². The fourth-order valence-corrected chi connectivity index (χ4v) is 4.02. The van der Waals surface area contributed by atoms with Gasteiger partial charge in [-0.1, -0.05) is 12.1 Å². The number of aliphatic hydroxyl groups excluding tert-OH is 1. The lowest BCUT2D eigenvalue weighted by atomic mass is 9.92. The van der Waals surface area contributed by atoms with E-state index in [1.54, 1.807) is 31.5 Å². The molecule has 1 aromatic carbocycles. The second kappa shape index (κ2) is 8.31. The molecular weight excluding hydrogens is 373 g/mol. The fraction of sp³-hybridized carbons (Fsp3) is 0.364. The van der Waals surface area contributed by atoms with Crippen LogP contribution in [-0.4, -0.2) is 40.8 Å². The molecule has 0 spiro atoms. The van der Waals surface area contributed by atoms with Gasteiger partial charge in [-0.05, 0) is 48.7 Å². The van der Waals surface area contributed by atoms with Crippen LogP contribution in [0.4, 0.5) is 4.39 Å². The number of carbonyl (C=O) groups excluding carboxylic acids is 1. The van der Waals surface area contributed by atoms with Gasteiger partial charge in [0.15, 0.2) is 0 Å². The third kappa shape index (κ3) is 3.88. The highest BCUT2D eigenvalue weighted by Gasteiger charge is 2.51. The van der Waals surface area contributed by atoms with E-state index in [0.717, 1.165) is 22.4 Å². The molecule has 152 valence electrons. The Morgan fingerprint density at radius 1 is 1.28 bits per heavy atom. The van der Waals surface area contributed by atoms with Gasteiger partial charge in [0.1, 0.15) is 5.82 Å². The number of carbonyl (C=O) groups is 1. The Morgan fingerprint density at radius 3 is 2.66 bits per heavy atom. The van der Waals surface area contributed by atoms with E-state index in [-0.39, 0.29) is 36.3 Å². The van der Waals surface area contributed by atoms with Crippen molar-refractivity contribution in [3.63, 3.8) is 0 Å². The minimum Gasteiger partial charge on any atom is -0.466 e. The summed E-state index contributed by atoms with van der Waals surface area (Å²) in [5, 5.41) is 11.5. The number of aliphatic hydroxyl groups is 1. The van der Waals surface area contributed by atoms with E-state index in [4.69, 9.17) is 4.74 Å². The Balaban J connectivity index is 1.78. The van der Waals surface area contributed by atoms with Crippen LogP contribution < -0.4 is 5.43 Å². The second-order valence-corrected chi connectivity index (χ2v) is 7.22. The van der Waals surface area contributed by atoms with E-state index < -0.39 is 0 Å². The number of hydrazine groups is 1. The second-order valence-electron chi connectivity index (χ2n) is 7.22. The van der Waals surface area contributed by atoms with Crippen LogP contribution in [0.2, 0.25) is 0 Å². The smallest absolute Gasteiger partial charge is 0.309 e. The highest BCUT2D eigenvalue weighted by Crippen LogP contribution is 2.52. The van der Waals surface area contributed by atoms with Crippen LogP contribution in [-0.2, 0) is 9.53 Å². The standard InChI is InChI=1S/C22H24FN3O3/c1-2-29-22(28)18-13-17(18)21-19(14-7-9-24-10-8-14)20(25-26(21)11-12-27)15-3-5-16(23)6-4-15/h3-10,17-18,20,25,27H,2,11-13H2,1H3. The topological polar surface area (TPSA) is 74.7 Å². The van der Waals surface area contributed by atoms with Crippen molar-refractivity contribution in [2.75, 3.05) is 19.8 Å². The maximum atomic E-state index is 13.5. The molecule has 7 heteroatoms. The number of nitrogens with one attached hydrogen (secondary N) is 1. The number of halogens is 1. The number of rotatable bonds is 7. The molecular formula is C22H24FN3O3. The zero-order chi connectivity index (χ0) is 20.4. The van der Waals surface area contributed by atoms with E-state index in [1.807, 2.05) is 17.1 Å². The molecule has 3 unspecified atom stereocenters. The average Bonchev–Trinajstić information content (AvgIpc) is 3.44. The molecule has 1 aliphatic heterocycles. The first kappa shape index (κ1) is 19.5. The molecule has 2 heterocycles. The summed E-state index contributed by atoms with van der Waals surface area (Å²) >= 11 is 0. The average molecular weight is 397 g/mol. The third-order valence-corrected chi connectivity index (χ3v) is 5.39. The van der Waals surface area contributed by atoms with Crippen LogP contribution in [0.15, 0.2) is 54.5 Å². The van der Waals surface area contributed by atoms with Gasteiger partial charge >= 0.3 is 5.97 Å². The number of nitrogens with zero attached hydrogens (tertiary/aromatic N) is 2. The molecule has 0 saturated heterocycles. The fourth-order valence-electron chi connectivity index (χ4n) is 4.02. The molecule has 2 aromatic rings. The number of benzene rings is 1. The van der Waals surface area contributed by atoms with Gasteiger partial charge in [-0.2, -0.15) is 0 Å². The van der Waals surface area contributed by atoms with Crippen LogP contribution in [0.5, 0.6) is 0 Å². The Morgan fingerprint density at radius 2 is 2.00 bits per heavy atom. The molecule has 3 atom stereocenters. The Bertz CT molecular complexity index is 901. The van der Waals surface area contributed by atoms with Crippen molar-refractivity contribution >= 4 is 11.5 Å². The summed E-state index contributed by atoms with van der Waals surface area (Å²) in [7, 11) is 0. The molecule has 29 heavy (non-hydrogen) atoms. The summed E-state index contributed by atoms with van der Waals surface area (Å²) in [5.41, 5.74) is 7.33. The lowest BCUT2D eigenvalue weighted by Gasteiger charge is -2.23. The molecule has 0 amide bonds. The Kier molecular flexibility index (Phi) is 5.60. The Hall–Kier alpha value is -2.77. The summed E-state index contributed by atoms with van der Waals surface area (Å²) < 4.78 is 18.7. The van der Waals surface area contributed by atoms with E-state index in [1.165, 1.54) is 12.1 Å². The van der Waals surface area contributed by atoms with Crippen LogP contribution in [0.1, 0.15) is 30.5 Å². The number of pyridine rings is 1.